The second-order valence-corrected chi connectivity index (χ2v) is 3.93. The zero-order chi connectivity index (χ0) is 10.4. The molecule has 0 heterocycles. The first kappa shape index (κ1) is 8.48. The van der Waals surface area contributed by atoms with E-state index in [1.807, 2.05) is 12.1 Å². The van der Waals surface area contributed by atoms with E-state index in [0.29, 0.717) is 5.56 Å². The third kappa shape index (κ3) is 1.02. The van der Waals surface area contributed by atoms with Gasteiger partial charge in [-0.1, -0.05) is 18.2 Å². The molecule has 2 heteroatoms. The minimum Gasteiger partial charge on any atom is -0.507 e. The van der Waals surface area contributed by atoms with Crippen molar-refractivity contribution in [2.45, 2.75) is 12.8 Å². The number of carbonyl (C=O) groups is 1. The highest BCUT2D eigenvalue weighted by molar-refractivity contribution is 6.00. The summed E-state index contributed by atoms with van der Waals surface area (Å²) in [6.45, 7) is 0. The Kier molecular flexibility index (Phi) is 1.60. The van der Waals surface area contributed by atoms with Crippen molar-refractivity contribution in [2.24, 2.45) is 0 Å². The number of phenols is 1. The van der Waals surface area contributed by atoms with Crippen LogP contribution in [-0.4, -0.2) is 11.4 Å². The zero-order valence-electron chi connectivity index (χ0n) is 8.16. The van der Waals surface area contributed by atoms with Crippen molar-refractivity contribution in [1.82, 2.24) is 0 Å². The van der Waals surface area contributed by atoms with Crippen LogP contribution in [0.4, 0.5) is 0 Å². The largest absolute Gasteiger partial charge is 0.507 e. The smallest absolute Gasteiger partial charge is 0.153 e. The molecule has 3 rings (SSSR count). The van der Waals surface area contributed by atoms with E-state index >= 15 is 0 Å². The minimum absolute atomic E-state index is 0.118. The first-order chi connectivity index (χ1) is 7.31. The summed E-state index contributed by atoms with van der Waals surface area (Å²) in [4.78, 5) is 10.8. The summed E-state index contributed by atoms with van der Waals surface area (Å²) >= 11 is 0. The maximum Gasteiger partial charge on any atom is 0.153 e. The first-order valence-corrected chi connectivity index (χ1v) is 5.03. The molecule has 1 N–H and O–H groups in total. The Morgan fingerprint density at radius 1 is 1.20 bits per heavy atom. The van der Waals surface area contributed by atoms with Gasteiger partial charge >= 0.3 is 0 Å². The van der Waals surface area contributed by atoms with E-state index in [9.17, 15) is 9.90 Å². The lowest BCUT2D eigenvalue weighted by atomic mass is 10.0. The number of hydrogen-bond acceptors (Lipinski definition) is 2. The standard InChI is InChI=1S/C13H10O2/c14-7-10-6-9-5-4-8-2-1-3-11(12(8)9)13(10)15/h1-3,6-7,15H,4-5H2. The van der Waals surface area contributed by atoms with Gasteiger partial charge in [0.05, 0.1) is 5.56 Å². The SMILES string of the molecule is O=Cc1cc2c3c(cccc3c1O)CC2. The van der Waals surface area contributed by atoms with Crippen molar-refractivity contribution in [3.05, 3.63) is 41.0 Å². The fourth-order valence-electron chi connectivity index (χ4n) is 2.43. The first-order valence-electron chi connectivity index (χ1n) is 5.03. The van der Waals surface area contributed by atoms with Gasteiger partial charge in [-0.15, -0.1) is 0 Å². The summed E-state index contributed by atoms with van der Waals surface area (Å²) in [6.07, 6.45) is 2.70. The van der Waals surface area contributed by atoms with E-state index in [0.717, 1.165) is 29.9 Å². The lowest BCUT2D eigenvalue weighted by molar-refractivity contribution is 0.112. The summed E-state index contributed by atoms with van der Waals surface area (Å²) < 4.78 is 0. The Morgan fingerprint density at radius 3 is 2.80 bits per heavy atom. The second kappa shape index (κ2) is 2.83. The predicted octanol–water partition coefficient (Wildman–Crippen LogP) is 2.46. The molecule has 0 saturated heterocycles. The predicted molar refractivity (Wildman–Crippen MR) is 58.4 cm³/mol. The topological polar surface area (TPSA) is 37.3 Å². The van der Waals surface area contributed by atoms with Gasteiger partial charge in [0.15, 0.2) is 6.29 Å². The normalized spacial score (nSPS) is 13.3. The molecule has 2 aromatic rings. The van der Waals surface area contributed by atoms with Crippen molar-refractivity contribution in [3.8, 4) is 5.75 Å². The molecule has 0 aromatic heterocycles. The maximum absolute atomic E-state index is 10.8. The quantitative estimate of drug-likeness (QED) is 0.714. The third-order valence-electron chi connectivity index (χ3n) is 3.12. The number of carbonyl (C=O) groups excluding carboxylic acids is 1. The monoisotopic (exact) mass is 198 g/mol. The number of hydrogen-bond donors (Lipinski definition) is 1. The van der Waals surface area contributed by atoms with Gasteiger partial charge in [-0.05, 0) is 35.4 Å². The molecule has 0 saturated carbocycles. The number of phenolic OH excluding ortho intramolecular Hbond substituents is 1. The highest BCUT2D eigenvalue weighted by Gasteiger charge is 2.18. The molecule has 1 aliphatic rings. The summed E-state index contributed by atoms with van der Waals surface area (Å²) in [5.74, 6) is 0.118. The van der Waals surface area contributed by atoms with E-state index in [-0.39, 0.29) is 5.75 Å². The van der Waals surface area contributed by atoms with Gasteiger partial charge in [0.2, 0.25) is 0 Å². The van der Waals surface area contributed by atoms with Gasteiger partial charge < -0.3 is 5.11 Å². The molecule has 0 amide bonds. The van der Waals surface area contributed by atoms with Crippen molar-refractivity contribution >= 4 is 17.1 Å². The van der Waals surface area contributed by atoms with Gasteiger partial charge in [0.1, 0.15) is 5.75 Å². The van der Waals surface area contributed by atoms with Gasteiger partial charge in [0, 0.05) is 5.39 Å². The van der Waals surface area contributed by atoms with E-state index in [1.165, 1.54) is 11.1 Å². The Bertz CT molecular complexity index is 570. The molecule has 0 atom stereocenters. The fourth-order valence-corrected chi connectivity index (χ4v) is 2.43. The number of benzene rings is 2. The van der Waals surface area contributed by atoms with Crippen molar-refractivity contribution in [2.75, 3.05) is 0 Å². The zero-order valence-corrected chi connectivity index (χ0v) is 8.16. The second-order valence-electron chi connectivity index (χ2n) is 3.93. The van der Waals surface area contributed by atoms with Crippen molar-refractivity contribution in [1.29, 1.82) is 0 Å². The summed E-state index contributed by atoms with van der Waals surface area (Å²) in [7, 11) is 0. The summed E-state index contributed by atoms with van der Waals surface area (Å²) in [5, 5.41) is 11.8. The van der Waals surface area contributed by atoms with E-state index in [1.54, 1.807) is 6.07 Å². The Hall–Kier alpha value is -1.83. The van der Waals surface area contributed by atoms with Crippen molar-refractivity contribution in [3.63, 3.8) is 0 Å². The number of aryl methyl sites for hydroxylation is 2. The summed E-state index contributed by atoms with van der Waals surface area (Å²) in [5.41, 5.74) is 2.85. The molecule has 0 bridgehead atoms. The van der Waals surface area contributed by atoms with E-state index < -0.39 is 0 Å². The van der Waals surface area contributed by atoms with Crippen LogP contribution in [0.1, 0.15) is 21.5 Å². The van der Waals surface area contributed by atoms with Crippen LogP contribution in [0.3, 0.4) is 0 Å². The van der Waals surface area contributed by atoms with Gasteiger partial charge in [-0.3, -0.25) is 4.79 Å². The van der Waals surface area contributed by atoms with E-state index in [4.69, 9.17) is 0 Å². The van der Waals surface area contributed by atoms with Crippen LogP contribution in [0.2, 0.25) is 0 Å². The van der Waals surface area contributed by atoms with Crippen molar-refractivity contribution < 1.29 is 9.90 Å². The number of rotatable bonds is 1. The highest BCUT2D eigenvalue weighted by Crippen LogP contribution is 2.37. The van der Waals surface area contributed by atoms with Gasteiger partial charge in [-0.25, -0.2) is 0 Å². The summed E-state index contributed by atoms with van der Waals surface area (Å²) in [6, 6.07) is 7.69. The lowest BCUT2D eigenvalue weighted by Gasteiger charge is -2.06. The van der Waals surface area contributed by atoms with Crippen LogP contribution in [0, 0.1) is 0 Å². The van der Waals surface area contributed by atoms with Crippen LogP contribution in [0.5, 0.6) is 5.75 Å². The lowest BCUT2D eigenvalue weighted by Crippen LogP contribution is -1.87. The van der Waals surface area contributed by atoms with Gasteiger partial charge in [0.25, 0.3) is 0 Å². The molecule has 74 valence electrons. The molecule has 0 unspecified atom stereocenters. The average molecular weight is 198 g/mol. The van der Waals surface area contributed by atoms with E-state index in [2.05, 4.69) is 6.07 Å². The van der Waals surface area contributed by atoms with Crippen LogP contribution in [0.25, 0.3) is 10.8 Å². The molecule has 0 spiro atoms. The Morgan fingerprint density at radius 2 is 2.00 bits per heavy atom. The maximum atomic E-state index is 10.8. The molecule has 0 aliphatic heterocycles. The molecule has 15 heavy (non-hydrogen) atoms. The van der Waals surface area contributed by atoms with Crippen LogP contribution >= 0.6 is 0 Å². The highest BCUT2D eigenvalue weighted by atomic mass is 16.3. The van der Waals surface area contributed by atoms with Crippen LogP contribution < -0.4 is 0 Å². The van der Waals surface area contributed by atoms with Gasteiger partial charge in [-0.2, -0.15) is 0 Å². The molecular weight excluding hydrogens is 188 g/mol. The molecule has 2 aromatic carbocycles. The average Bonchev–Trinajstić information content (AvgIpc) is 2.68. The number of aldehydes is 1. The molecule has 1 aliphatic carbocycles. The number of aromatic hydroxyl groups is 1. The molecular formula is C13H10O2. The molecule has 2 nitrogen and oxygen atoms in total. The molecule has 0 fully saturated rings. The third-order valence-corrected chi connectivity index (χ3v) is 3.12. The Balaban J connectivity index is 2.53. The van der Waals surface area contributed by atoms with Crippen LogP contribution in [0.15, 0.2) is 24.3 Å². The van der Waals surface area contributed by atoms with Crippen LogP contribution in [-0.2, 0) is 12.8 Å². The minimum atomic E-state index is 0.118. The molecule has 0 radical (unpaired) electrons. The Labute approximate surface area is 87.2 Å². The fraction of sp³-hybridized carbons (Fsp3) is 0.154.